The van der Waals surface area contributed by atoms with Crippen molar-refractivity contribution in [3.05, 3.63) is 70.8 Å². The van der Waals surface area contributed by atoms with Crippen LogP contribution in [0.15, 0.2) is 48.5 Å². The van der Waals surface area contributed by atoms with Crippen molar-refractivity contribution in [3.8, 4) is 0 Å². The molecular weight excluding hydrogens is 400 g/mol. The molecule has 2 aromatic carbocycles. The van der Waals surface area contributed by atoms with Crippen LogP contribution in [-0.2, 0) is 18.9 Å². The molecule has 4 heteroatoms. The van der Waals surface area contributed by atoms with Gasteiger partial charge in [-0.05, 0) is 47.9 Å². The van der Waals surface area contributed by atoms with Crippen LogP contribution in [0.3, 0.4) is 0 Å². The van der Waals surface area contributed by atoms with E-state index < -0.39 is 0 Å². The summed E-state index contributed by atoms with van der Waals surface area (Å²) in [6.45, 7) is 4.34. The molecule has 0 N–H and O–H groups in total. The second-order valence-corrected chi connectivity index (χ2v) is 8.56. The largest absolute Gasteiger partial charge is 0.382 e. The van der Waals surface area contributed by atoms with Crippen LogP contribution >= 0.6 is 0 Å². The van der Waals surface area contributed by atoms with Crippen molar-refractivity contribution in [2.75, 3.05) is 53.9 Å². The lowest BCUT2D eigenvalue weighted by Gasteiger charge is -2.34. The van der Waals surface area contributed by atoms with Crippen LogP contribution < -0.4 is 0 Å². The maximum atomic E-state index is 5.66. The fraction of sp³-hybridized carbons (Fsp3) is 0.571. The van der Waals surface area contributed by atoms with Gasteiger partial charge in [-0.3, -0.25) is 0 Å². The Labute approximate surface area is 194 Å². The molecule has 2 aromatic rings. The van der Waals surface area contributed by atoms with Gasteiger partial charge in [0.25, 0.3) is 0 Å². The highest BCUT2D eigenvalue weighted by Gasteiger charge is 2.30. The maximum Gasteiger partial charge on any atom is 0.0700 e. The quantitative estimate of drug-likeness (QED) is 0.303. The van der Waals surface area contributed by atoms with Crippen molar-refractivity contribution in [1.29, 1.82) is 0 Å². The summed E-state index contributed by atoms with van der Waals surface area (Å²) in [5, 5.41) is 0. The topological polar surface area (TPSA) is 36.9 Å². The summed E-state index contributed by atoms with van der Waals surface area (Å²) in [7, 11) is 3.43. The van der Waals surface area contributed by atoms with Gasteiger partial charge in [-0.15, -0.1) is 0 Å². The summed E-state index contributed by atoms with van der Waals surface area (Å²) >= 11 is 0. The molecule has 1 aliphatic carbocycles. The molecule has 1 aliphatic rings. The Kier molecular flexibility index (Phi) is 11.2. The van der Waals surface area contributed by atoms with E-state index in [1.54, 1.807) is 14.2 Å². The summed E-state index contributed by atoms with van der Waals surface area (Å²) < 4.78 is 21.4. The van der Waals surface area contributed by atoms with Crippen LogP contribution in [-0.4, -0.2) is 53.9 Å². The third kappa shape index (κ3) is 7.14. The summed E-state index contributed by atoms with van der Waals surface area (Å²) in [4.78, 5) is 0. The molecule has 32 heavy (non-hydrogen) atoms. The second kappa shape index (κ2) is 14.4. The van der Waals surface area contributed by atoms with Gasteiger partial charge in [0.05, 0.1) is 26.4 Å². The fourth-order valence-corrected chi connectivity index (χ4v) is 4.84. The Balaban J connectivity index is 1.61. The number of hydrogen-bond acceptors (Lipinski definition) is 4. The number of hydrogen-bond donors (Lipinski definition) is 0. The minimum atomic E-state index is 0.481. The molecule has 0 amide bonds. The predicted octanol–water partition coefficient (Wildman–Crippen LogP) is 5.93. The Morgan fingerprint density at radius 1 is 0.500 bits per heavy atom. The first kappa shape index (κ1) is 24.9. The zero-order chi connectivity index (χ0) is 22.4. The lowest BCUT2D eigenvalue weighted by Crippen LogP contribution is -2.19. The van der Waals surface area contributed by atoms with Crippen LogP contribution in [0.25, 0.3) is 0 Å². The number of ether oxygens (including phenoxy) is 4. The number of rotatable bonds is 16. The van der Waals surface area contributed by atoms with Gasteiger partial charge in [0, 0.05) is 39.3 Å². The maximum absolute atomic E-state index is 5.66. The van der Waals surface area contributed by atoms with E-state index in [9.17, 15) is 0 Å². The normalized spacial score (nSPS) is 17.2. The highest BCUT2D eigenvalue weighted by molar-refractivity contribution is 5.52. The number of methoxy groups -OCH3 is 2. The molecule has 0 saturated heterocycles. The van der Waals surface area contributed by atoms with Crippen molar-refractivity contribution in [1.82, 2.24) is 0 Å². The molecule has 0 radical (unpaired) electrons. The molecule has 176 valence electrons. The van der Waals surface area contributed by atoms with Gasteiger partial charge in [0.15, 0.2) is 0 Å². The molecule has 0 spiro atoms. The summed E-state index contributed by atoms with van der Waals surface area (Å²) in [6, 6.07) is 18.2. The van der Waals surface area contributed by atoms with Gasteiger partial charge in [-0.2, -0.15) is 0 Å². The van der Waals surface area contributed by atoms with E-state index in [1.807, 2.05) is 0 Å². The first-order valence-electron chi connectivity index (χ1n) is 12.2. The first-order chi connectivity index (χ1) is 15.9. The summed E-state index contributed by atoms with van der Waals surface area (Å²) in [5.74, 6) is 0.963. The van der Waals surface area contributed by atoms with E-state index in [1.165, 1.54) is 47.9 Å². The van der Waals surface area contributed by atoms with E-state index in [4.69, 9.17) is 18.9 Å². The SMILES string of the molecule is COCCOCCCCC1c2ccccc2C(CCCCOCCOC)c2ccccc21. The van der Waals surface area contributed by atoms with Gasteiger partial charge < -0.3 is 18.9 Å². The average Bonchev–Trinajstić information content (AvgIpc) is 2.83. The summed E-state index contributed by atoms with van der Waals surface area (Å²) in [5.41, 5.74) is 6.08. The van der Waals surface area contributed by atoms with Gasteiger partial charge in [0.1, 0.15) is 0 Å². The zero-order valence-corrected chi connectivity index (χ0v) is 19.9. The minimum Gasteiger partial charge on any atom is -0.382 e. The molecule has 3 rings (SSSR count). The molecule has 0 aromatic heterocycles. The molecule has 0 atom stereocenters. The second-order valence-electron chi connectivity index (χ2n) is 8.56. The average molecular weight is 441 g/mol. The van der Waals surface area contributed by atoms with E-state index in [0.717, 1.165) is 26.1 Å². The Hall–Kier alpha value is -1.72. The van der Waals surface area contributed by atoms with Crippen LogP contribution in [0.2, 0.25) is 0 Å². The molecule has 0 bridgehead atoms. The van der Waals surface area contributed by atoms with E-state index in [0.29, 0.717) is 38.3 Å². The van der Waals surface area contributed by atoms with Gasteiger partial charge in [-0.1, -0.05) is 61.4 Å². The van der Waals surface area contributed by atoms with Crippen LogP contribution in [0.1, 0.15) is 72.6 Å². The molecule has 0 saturated carbocycles. The van der Waals surface area contributed by atoms with Gasteiger partial charge in [-0.25, -0.2) is 0 Å². The summed E-state index contributed by atoms with van der Waals surface area (Å²) in [6.07, 6.45) is 6.87. The highest BCUT2D eigenvalue weighted by atomic mass is 16.5. The van der Waals surface area contributed by atoms with Gasteiger partial charge in [0.2, 0.25) is 0 Å². The van der Waals surface area contributed by atoms with E-state index in [2.05, 4.69) is 48.5 Å². The molecule has 0 aliphatic heterocycles. The zero-order valence-electron chi connectivity index (χ0n) is 19.9. The smallest absolute Gasteiger partial charge is 0.0700 e. The van der Waals surface area contributed by atoms with Crippen LogP contribution in [0.4, 0.5) is 0 Å². The fourth-order valence-electron chi connectivity index (χ4n) is 4.84. The monoisotopic (exact) mass is 440 g/mol. The van der Waals surface area contributed by atoms with Crippen molar-refractivity contribution >= 4 is 0 Å². The third-order valence-electron chi connectivity index (χ3n) is 6.42. The van der Waals surface area contributed by atoms with E-state index >= 15 is 0 Å². The highest BCUT2D eigenvalue weighted by Crippen LogP contribution is 2.46. The standard InChI is InChI=1S/C28H40O4/c1-29-19-21-31-17-9-7-15-27-23-11-3-5-13-25(23)28(26-14-6-4-12-24(26)27)16-8-10-18-32-22-20-30-2/h3-6,11-14,27-28H,7-10,15-22H2,1-2H3. The van der Waals surface area contributed by atoms with Crippen molar-refractivity contribution in [3.63, 3.8) is 0 Å². The Morgan fingerprint density at radius 3 is 1.22 bits per heavy atom. The first-order valence-corrected chi connectivity index (χ1v) is 12.2. The lowest BCUT2D eigenvalue weighted by molar-refractivity contribution is 0.0684. The molecule has 0 unspecified atom stereocenters. The van der Waals surface area contributed by atoms with Crippen LogP contribution in [0.5, 0.6) is 0 Å². The number of benzene rings is 2. The van der Waals surface area contributed by atoms with Crippen molar-refractivity contribution < 1.29 is 18.9 Å². The predicted molar refractivity (Wildman–Crippen MR) is 130 cm³/mol. The molecule has 0 fully saturated rings. The van der Waals surface area contributed by atoms with Crippen molar-refractivity contribution in [2.24, 2.45) is 0 Å². The van der Waals surface area contributed by atoms with Crippen LogP contribution in [0, 0.1) is 0 Å². The number of fused-ring (bicyclic) bond motifs is 2. The lowest BCUT2D eigenvalue weighted by atomic mass is 9.70. The minimum absolute atomic E-state index is 0.481. The van der Waals surface area contributed by atoms with Gasteiger partial charge >= 0.3 is 0 Å². The van der Waals surface area contributed by atoms with Crippen molar-refractivity contribution in [2.45, 2.75) is 50.4 Å². The van der Waals surface area contributed by atoms with E-state index in [-0.39, 0.29) is 0 Å². The Morgan fingerprint density at radius 2 is 0.875 bits per heavy atom. The number of unbranched alkanes of at least 4 members (excludes halogenated alkanes) is 2. The third-order valence-corrected chi connectivity index (χ3v) is 6.42. The Bertz CT molecular complexity index is 664. The molecule has 0 heterocycles. The molecule has 4 nitrogen and oxygen atoms in total. The molecular formula is C28H40O4.